The van der Waals surface area contributed by atoms with E-state index in [1.165, 1.54) is 32.2 Å². The van der Waals surface area contributed by atoms with Crippen LogP contribution in [0, 0.1) is 18.3 Å². The summed E-state index contributed by atoms with van der Waals surface area (Å²) < 4.78 is 0. The Morgan fingerprint density at radius 2 is 2.09 bits per heavy atom. The second-order valence-corrected chi connectivity index (χ2v) is 3.96. The molecular weight excluding hydrogens is 134 g/mol. The van der Waals surface area contributed by atoms with Gasteiger partial charge < -0.3 is 5.32 Å². The Labute approximate surface area is 69.6 Å². The van der Waals surface area contributed by atoms with E-state index >= 15 is 0 Å². The van der Waals surface area contributed by atoms with Crippen LogP contribution in [-0.4, -0.2) is 12.6 Å². The van der Waals surface area contributed by atoms with Gasteiger partial charge in [0.1, 0.15) is 0 Å². The van der Waals surface area contributed by atoms with Crippen molar-refractivity contribution in [3.8, 4) is 0 Å². The minimum Gasteiger partial charge on any atom is -0.313 e. The average molecular weight is 152 g/mol. The molecule has 0 aromatic carbocycles. The van der Waals surface area contributed by atoms with Crippen LogP contribution in [0.25, 0.3) is 0 Å². The molecule has 1 aliphatic carbocycles. The molecule has 0 amide bonds. The van der Waals surface area contributed by atoms with Gasteiger partial charge in [-0.05, 0) is 37.6 Å². The van der Waals surface area contributed by atoms with Crippen LogP contribution in [0.1, 0.15) is 32.6 Å². The van der Waals surface area contributed by atoms with Crippen LogP contribution >= 0.6 is 0 Å². The van der Waals surface area contributed by atoms with Crippen molar-refractivity contribution >= 4 is 0 Å². The van der Waals surface area contributed by atoms with Crippen LogP contribution < -0.4 is 5.32 Å². The van der Waals surface area contributed by atoms with Crippen LogP contribution in [0.2, 0.25) is 0 Å². The van der Waals surface area contributed by atoms with Gasteiger partial charge in [0.15, 0.2) is 0 Å². The molecule has 0 spiro atoms. The molecule has 3 atom stereocenters. The molecule has 1 aliphatic heterocycles. The van der Waals surface area contributed by atoms with Crippen molar-refractivity contribution in [3.05, 3.63) is 6.42 Å². The molecule has 1 saturated heterocycles. The molecule has 1 radical (unpaired) electrons. The fourth-order valence-electron chi connectivity index (χ4n) is 2.73. The molecule has 0 aromatic rings. The van der Waals surface area contributed by atoms with Crippen molar-refractivity contribution in [1.29, 1.82) is 0 Å². The van der Waals surface area contributed by atoms with Gasteiger partial charge in [0.2, 0.25) is 0 Å². The first kappa shape index (κ1) is 7.60. The van der Waals surface area contributed by atoms with Crippen LogP contribution in [0.3, 0.4) is 0 Å². The Hall–Kier alpha value is -0.0400. The lowest BCUT2D eigenvalue weighted by molar-refractivity contribution is 0.291. The highest BCUT2D eigenvalue weighted by Crippen LogP contribution is 2.35. The third-order valence-electron chi connectivity index (χ3n) is 3.41. The average Bonchev–Trinajstić information content (AvgIpc) is 2.47. The van der Waals surface area contributed by atoms with Gasteiger partial charge in [-0.3, -0.25) is 0 Å². The highest BCUT2D eigenvalue weighted by molar-refractivity contribution is 4.96. The third-order valence-corrected chi connectivity index (χ3v) is 3.41. The van der Waals surface area contributed by atoms with Gasteiger partial charge in [0, 0.05) is 6.04 Å². The van der Waals surface area contributed by atoms with Crippen molar-refractivity contribution in [2.24, 2.45) is 11.8 Å². The molecule has 1 heteroatoms. The maximum Gasteiger partial charge on any atom is 0.00986 e. The smallest absolute Gasteiger partial charge is 0.00986 e. The quantitative estimate of drug-likeness (QED) is 0.606. The van der Waals surface area contributed by atoms with E-state index in [9.17, 15) is 0 Å². The summed E-state index contributed by atoms with van der Waals surface area (Å²) in [5.41, 5.74) is 0. The summed E-state index contributed by atoms with van der Waals surface area (Å²) in [6, 6.07) is 0.866. The summed E-state index contributed by atoms with van der Waals surface area (Å²) in [6.45, 7) is 3.45. The third kappa shape index (κ3) is 1.31. The summed E-state index contributed by atoms with van der Waals surface area (Å²) in [6.07, 6.45) is 8.20. The minimum atomic E-state index is 0.866. The first-order valence-corrected chi connectivity index (χ1v) is 4.94. The molecule has 1 N–H and O–H groups in total. The maximum absolute atomic E-state index is 3.63. The highest BCUT2D eigenvalue weighted by Gasteiger charge is 2.35. The van der Waals surface area contributed by atoms with Gasteiger partial charge in [-0.1, -0.05) is 19.8 Å². The molecule has 0 bridgehead atoms. The van der Waals surface area contributed by atoms with Gasteiger partial charge in [-0.2, -0.15) is 0 Å². The Balaban J connectivity index is 1.98. The molecule has 2 rings (SSSR count). The predicted octanol–water partition coefficient (Wildman–Crippen LogP) is 1.99. The number of hydrogen-bond donors (Lipinski definition) is 1. The molecular formula is C10H18N. The molecule has 1 heterocycles. The number of fused-ring (bicyclic) bond motifs is 1. The Morgan fingerprint density at radius 3 is 2.91 bits per heavy atom. The highest BCUT2D eigenvalue weighted by atomic mass is 15.0. The van der Waals surface area contributed by atoms with Gasteiger partial charge in [0.05, 0.1) is 0 Å². The van der Waals surface area contributed by atoms with E-state index in [-0.39, 0.29) is 0 Å². The van der Waals surface area contributed by atoms with E-state index in [1.54, 1.807) is 0 Å². The monoisotopic (exact) mass is 152 g/mol. The largest absolute Gasteiger partial charge is 0.313 e. The fourth-order valence-corrected chi connectivity index (χ4v) is 2.73. The van der Waals surface area contributed by atoms with Crippen molar-refractivity contribution in [3.63, 3.8) is 0 Å². The van der Waals surface area contributed by atoms with E-state index in [2.05, 4.69) is 18.7 Å². The first-order valence-electron chi connectivity index (χ1n) is 4.94. The van der Waals surface area contributed by atoms with E-state index in [1.807, 2.05) is 0 Å². The topological polar surface area (TPSA) is 12.0 Å². The van der Waals surface area contributed by atoms with Gasteiger partial charge in [-0.15, -0.1) is 0 Å². The van der Waals surface area contributed by atoms with Gasteiger partial charge in [-0.25, -0.2) is 0 Å². The molecule has 1 nitrogen and oxygen atoms in total. The molecule has 3 unspecified atom stereocenters. The zero-order valence-corrected chi connectivity index (χ0v) is 7.34. The summed E-state index contributed by atoms with van der Waals surface area (Å²) in [7, 11) is 0. The number of rotatable bonds is 1. The summed E-state index contributed by atoms with van der Waals surface area (Å²) >= 11 is 0. The zero-order chi connectivity index (χ0) is 7.68. The lowest BCUT2D eigenvalue weighted by atomic mass is 9.79. The van der Waals surface area contributed by atoms with E-state index in [0.717, 1.165) is 17.9 Å². The number of hydrogen-bond acceptors (Lipinski definition) is 1. The molecule has 11 heavy (non-hydrogen) atoms. The SMILES string of the molecule is C[CH]C1CNC2CCCCC12. The molecule has 2 aliphatic rings. The van der Waals surface area contributed by atoms with Crippen LogP contribution in [0.4, 0.5) is 0 Å². The molecule has 0 aromatic heterocycles. The molecule has 63 valence electrons. The minimum absolute atomic E-state index is 0.866. The lowest BCUT2D eigenvalue weighted by Crippen LogP contribution is -2.30. The Morgan fingerprint density at radius 1 is 1.27 bits per heavy atom. The zero-order valence-electron chi connectivity index (χ0n) is 7.34. The van der Waals surface area contributed by atoms with Crippen LogP contribution in [-0.2, 0) is 0 Å². The standard InChI is InChI=1S/C10H18N/c1-2-8-7-11-10-6-4-3-5-9(8)10/h2,8-11H,3-7H2,1H3. The molecule has 1 saturated carbocycles. The predicted molar refractivity (Wildman–Crippen MR) is 47.2 cm³/mol. The van der Waals surface area contributed by atoms with E-state index in [0.29, 0.717) is 0 Å². The summed E-state index contributed by atoms with van der Waals surface area (Å²) in [5, 5.41) is 3.63. The van der Waals surface area contributed by atoms with E-state index in [4.69, 9.17) is 0 Å². The second-order valence-electron chi connectivity index (χ2n) is 3.96. The second kappa shape index (κ2) is 3.14. The maximum atomic E-state index is 3.63. The summed E-state index contributed by atoms with van der Waals surface area (Å²) in [5.74, 6) is 1.86. The van der Waals surface area contributed by atoms with Crippen LogP contribution in [0.15, 0.2) is 0 Å². The van der Waals surface area contributed by atoms with Crippen molar-refractivity contribution < 1.29 is 0 Å². The van der Waals surface area contributed by atoms with Crippen molar-refractivity contribution in [1.82, 2.24) is 5.32 Å². The van der Waals surface area contributed by atoms with E-state index < -0.39 is 0 Å². The Kier molecular flexibility index (Phi) is 2.17. The number of nitrogens with one attached hydrogen (secondary N) is 1. The van der Waals surface area contributed by atoms with Crippen LogP contribution in [0.5, 0.6) is 0 Å². The van der Waals surface area contributed by atoms with Crippen molar-refractivity contribution in [2.75, 3.05) is 6.54 Å². The Bertz CT molecular complexity index is 127. The molecule has 2 fully saturated rings. The normalized spacial score (nSPS) is 43.9. The van der Waals surface area contributed by atoms with Crippen molar-refractivity contribution in [2.45, 2.75) is 38.6 Å². The van der Waals surface area contributed by atoms with Gasteiger partial charge >= 0.3 is 0 Å². The summed E-state index contributed by atoms with van der Waals surface area (Å²) in [4.78, 5) is 0. The first-order chi connectivity index (χ1) is 5.42. The lowest BCUT2D eigenvalue weighted by Gasteiger charge is -2.27. The van der Waals surface area contributed by atoms with Gasteiger partial charge in [0.25, 0.3) is 0 Å². The fraction of sp³-hybridized carbons (Fsp3) is 0.900.